The number of rotatable bonds is 9. The Hall–Kier alpha value is -2.20. The van der Waals surface area contributed by atoms with Crippen LogP contribution in [0.1, 0.15) is 62.8 Å². The molecule has 0 saturated heterocycles. The summed E-state index contributed by atoms with van der Waals surface area (Å²) in [5, 5.41) is 7.85. The Kier molecular flexibility index (Phi) is 8.10. The first kappa shape index (κ1) is 24.4. The fourth-order valence-corrected chi connectivity index (χ4v) is 5.55. The number of dihydropyridines is 1. The Balaban J connectivity index is 2.07. The lowest BCUT2D eigenvalue weighted by molar-refractivity contribution is 0.437. The first-order valence-electron chi connectivity index (χ1n) is 11.8. The molecule has 1 aromatic rings. The third-order valence-electron chi connectivity index (χ3n) is 6.75. The number of hydrogen-bond donors (Lipinski definition) is 2. The monoisotopic (exact) mass is 449 g/mol. The van der Waals surface area contributed by atoms with Crippen molar-refractivity contribution in [3.05, 3.63) is 75.7 Å². The average molecular weight is 450 g/mol. The second-order valence-electron chi connectivity index (χ2n) is 9.31. The molecule has 32 heavy (non-hydrogen) atoms. The molecule has 0 bridgehead atoms. The zero-order valence-corrected chi connectivity index (χ0v) is 21.5. The van der Waals surface area contributed by atoms with Crippen molar-refractivity contribution in [2.45, 2.75) is 60.3 Å². The smallest absolute Gasteiger partial charge is 0.0585 e. The Morgan fingerprint density at radius 1 is 1.31 bits per heavy atom. The molecule has 172 valence electrons. The van der Waals surface area contributed by atoms with Crippen LogP contribution in [0.4, 0.5) is 0 Å². The van der Waals surface area contributed by atoms with E-state index in [1.54, 1.807) is 6.21 Å². The summed E-state index contributed by atoms with van der Waals surface area (Å²) < 4.78 is 0. The van der Waals surface area contributed by atoms with E-state index in [2.05, 4.69) is 75.1 Å². The van der Waals surface area contributed by atoms with Crippen molar-refractivity contribution in [2.75, 3.05) is 12.0 Å². The molecular formula is C28H39N3S. The SMILES string of the molecule is C=C(N/N=C\C)C1=C(C)C2=C(NC1=C)c1cc(C)c(CCCCSC)cc1CC2C(C)C. The highest BCUT2D eigenvalue weighted by Gasteiger charge is 2.35. The van der Waals surface area contributed by atoms with Gasteiger partial charge < -0.3 is 5.32 Å². The summed E-state index contributed by atoms with van der Waals surface area (Å²) in [6.45, 7) is 19.6. The third-order valence-corrected chi connectivity index (χ3v) is 7.44. The van der Waals surface area contributed by atoms with Gasteiger partial charge in [-0.3, -0.25) is 5.43 Å². The van der Waals surface area contributed by atoms with Crippen molar-refractivity contribution in [3.63, 3.8) is 0 Å². The van der Waals surface area contributed by atoms with Crippen molar-refractivity contribution in [1.29, 1.82) is 0 Å². The molecule has 0 aromatic heterocycles. The number of allylic oxidation sites excluding steroid dienone is 2. The lowest BCUT2D eigenvalue weighted by Gasteiger charge is -2.39. The van der Waals surface area contributed by atoms with E-state index in [0.29, 0.717) is 11.8 Å². The van der Waals surface area contributed by atoms with Crippen LogP contribution in [0.5, 0.6) is 0 Å². The Morgan fingerprint density at radius 2 is 2.06 bits per heavy atom. The van der Waals surface area contributed by atoms with E-state index in [1.807, 2.05) is 18.7 Å². The van der Waals surface area contributed by atoms with Crippen LogP contribution in [-0.4, -0.2) is 18.2 Å². The summed E-state index contributed by atoms with van der Waals surface area (Å²) in [6, 6.07) is 4.89. The first-order chi connectivity index (χ1) is 15.3. The van der Waals surface area contributed by atoms with Crippen LogP contribution in [0.25, 0.3) is 5.70 Å². The van der Waals surface area contributed by atoms with Crippen LogP contribution in [-0.2, 0) is 12.8 Å². The summed E-state index contributed by atoms with van der Waals surface area (Å²) in [5.41, 5.74) is 15.4. The molecule has 3 nitrogen and oxygen atoms in total. The van der Waals surface area contributed by atoms with E-state index in [4.69, 9.17) is 0 Å². The van der Waals surface area contributed by atoms with E-state index < -0.39 is 0 Å². The van der Waals surface area contributed by atoms with Gasteiger partial charge >= 0.3 is 0 Å². The van der Waals surface area contributed by atoms with Crippen molar-refractivity contribution >= 4 is 23.7 Å². The second kappa shape index (κ2) is 10.6. The Bertz CT molecular complexity index is 994. The molecular weight excluding hydrogens is 410 g/mol. The molecule has 1 aliphatic heterocycles. The number of nitrogens with one attached hydrogen (secondary N) is 2. The summed E-state index contributed by atoms with van der Waals surface area (Å²) in [5.74, 6) is 2.25. The molecule has 1 unspecified atom stereocenters. The Morgan fingerprint density at radius 3 is 2.72 bits per heavy atom. The molecule has 0 radical (unpaired) electrons. The molecule has 1 heterocycles. The zero-order chi connectivity index (χ0) is 23.4. The summed E-state index contributed by atoms with van der Waals surface area (Å²) in [7, 11) is 0. The zero-order valence-electron chi connectivity index (χ0n) is 20.7. The highest BCUT2D eigenvalue weighted by molar-refractivity contribution is 7.98. The highest BCUT2D eigenvalue weighted by Crippen LogP contribution is 2.46. The predicted octanol–water partition coefficient (Wildman–Crippen LogP) is 6.76. The van der Waals surface area contributed by atoms with Crippen LogP contribution < -0.4 is 10.7 Å². The predicted molar refractivity (Wildman–Crippen MR) is 143 cm³/mol. The number of aryl methyl sites for hydroxylation is 2. The van der Waals surface area contributed by atoms with Gasteiger partial charge in [-0.25, -0.2) is 0 Å². The minimum absolute atomic E-state index is 0.461. The number of thioether (sulfide) groups is 1. The lowest BCUT2D eigenvalue weighted by Crippen LogP contribution is -2.32. The molecule has 0 spiro atoms. The maximum Gasteiger partial charge on any atom is 0.0585 e. The lowest BCUT2D eigenvalue weighted by atomic mass is 9.70. The van der Waals surface area contributed by atoms with Gasteiger partial charge in [0.25, 0.3) is 0 Å². The van der Waals surface area contributed by atoms with Crippen LogP contribution in [0.3, 0.4) is 0 Å². The first-order valence-corrected chi connectivity index (χ1v) is 13.2. The van der Waals surface area contributed by atoms with Gasteiger partial charge in [0.05, 0.1) is 5.70 Å². The largest absolute Gasteiger partial charge is 0.355 e. The molecule has 2 N–H and O–H groups in total. The van der Waals surface area contributed by atoms with E-state index in [1.165, 1.54) is 64.1 Å². The van der Waals surface area contributed by atoms with E-state index in [-0.39, 0.29) is 0 Å². The van der Waals surface area contributed by atoms with Crippen molar-refractivity contribution in [2.24, 2.45) is 16.9 Å². The third kappa shape index (κ3) is 4.91. The molecule has 0 amide bonds. The molecule has 0 fully saturated rings. The van der Waals surface area contributed by atoms with Crippen LogP contribution in [0.2, 0.25) is 0 Å². The van der Waals surface area contributed by atoms with Crippen molar-refractivity contribution in [1.82, 2.24) is 10.7 Å². The summed E-state index contributed by atoms with van der Waals surface area (Å²) in [6.07, 6.45) is 8.73. The van der Waals surface area contributed by atoms with Gasteiger partial charge in [-0.05, 0) is 104 Å². The van der Waals surface area contributed by atoms with Crippen molar-refractivity contribution < 1.29 is 0 Å². The fourth-order valence-electron chi connectivity index (χ4n) is 5.06. The highest BCUT2D eigenvalue weighted by atomic mass is 32.2. The number of unbranched alkanes of at least 4 members (excludes halogenated alkanes) is 1. The van der Waals surface area contributed by atoms with Gasteiger partial charge in [0, 0.05) is 28.7 Å². The quantitative estimate of drug-likeness (QED) is 0.248. The van der Waals surface area contributed by atoms with Crippen LogP contribution in [0, 0.1) is 18.8 Å². The number of hydrazone groups is 1. The van der Waals surface area contributed by atoms with Gasteiger partial charge in [0.2, 0.25) is 0 Å². The van der Waals surface area contributed by atoms with Crippen LogP contribution in [0.15, 0.2) is 58.5 Å². The van der Waals surface area contributed by atoms with Crippen LogP contribution >= 0.6 is 11.8 Å². The minimum atomic E-state index is 0.461. The van der Waals surface area contributed by atoms with Gasteiger partial charge in [0.15, 0.2) is 0 Å². The maximum atomic E-state index is 4.35. The normalized spacial score (nSPS) is 18.2. The molecule has 1 atom stereocenters. The summed E-state index contributed by atoms with van der Waals surface area (Å²) >= 11 is 1.94. The van der Waals surface area contributed by atoms with Gasteiger partial charge in [0.1, 0.15) is 0 Å². The average Bonchev–Trinajstić information content (AvgIpc) is 2.75. The van der Waals surface area contributed by atoms with E-state index >= 15 is 0 Å². The summed E-state index contributed by atoms with van der Waals surface area (Å²) in [4.78, 5) is 0. The Labute approximate surface area is 199 Å². The van der Waals surface area contributed by atoms with E-state index in [0.717, 1.165) is 23.4 Å². The molecule has 3 rings (SSSR count). The number of fused-ring (bicyclic) bond motifs is 2. The number of hydrogen-bond acceptors (Lipinski definition) is 4. The molecule has 2 aliphatic rings. The number of benzene rings is 1. The van der Waals surface area contributed by atoms with Gasteiger partial charge in [-0.1, -0.05) is 33.1 Å². The topological polar surface area (TPSA) is 36.4 Å². The van der Waals surface area contributed by atoms with Gasteiger partial charge in [-0.2, -0.15) is 16.9 Å². The second-order valence-corrected chi connectivity index (χ2v) is 10.3. The van der Waals surface area contributed by atoms with Crippen molar-refractivity contribution in [3.8, 4) is 0 Å². The van der Waals surface area contributed by atoms with Gasteiger partial charge in [-0.15, -0.1) is 0 Å². The number of nitrogens with zero attached hydrogens (tertiary/aromatic N) is 1. The standard InChI is InChI=1S/C28H39N3S/c1-9-29-31-21(7)26-19(5)27-24(17(2)3)16-23-15-22(12-10-11-13-32-8)18(4)14-25(23)28(27)30-20(26)6/h9,14-15,17,24,30-31H,6-7,10-13,16H2,1-5,8H3/b29-9-. The fraction of sp³-hybridized carbons (Fsp3) is 0.464. The molecule has 1 aliphatic carbocycles. The van der Waals surface area contributed by atoms with E-state index in [9.17, 15) is 0 Å². The molecule has 1 aromatic carbocycles. The molecule has 4 heteroatoms. The molecule has 0 saturated carbocycles. The maximum absolute atomic E-state index is 4.35. The minimum Gasteiger partial charge on any atom is -0.355 e.